The van der Waals surface area contributed by atoms with Gasteiger partial charge >= 0.3 is 0 Å². The SMILES string of the molecule is CC(C)Oc1cc2nc(C3CCN(CC(=O)N4CCC(c5ccc(NC6CCC(=O)NC6=O)cc5)CC4)CC3)cn2cc1NC=O. The number of carbonyl (C=O) groups excluding carboxylic acids is 4. The maximum Gasteiger partial charge on any atom is 0.249 e. The first-order valence-electron chi connectivity index (χ1n) is 16.4. The summed E-state index contributed by atoms with van der Waals surface area (Å²) in [5.41, 5.74) is 4.52. The van der Waals surface area contributed by atoms with Crippen molar-refractivity contribution in [3.8, 4) is 5.75 Å². The van der Waals surface area contributed by atoms with Gasteiger partial charge in [0.25, 0.3) is 0 Å². The highest BCUT2D eigenvalue weighted by Crippen LogP contribution is 2.32. The van der Waals surface area contributed by atoms with E-state index in [2.05, 4.69) is 33.0 Å². The predicted molar refractivity (Wildman–Crippen MR) is 174 cm³/mol. The van der Waals surface area contributed by atoms with Gasteiger partial charge < -0.3 is 24.7 Å². The molecule has 3 aromatic rings. The van der Waals surface area contributed by atoms with Gasteiger partial charge in [-0.2, -0.15) is 0 Å². The van der Waals surface area contributed by atoms with E-state index in [1.165, 1.54) is 5.56 Å². The van der Waals surface area contributed by atoms with Crippen molar-refractivity contribution in [2.75, 3.05) is 43.4 Å². The van der Waals surface area contributed by atoms with Crippen molar-refractivity contribution in [2.45, 2.75) is 76.4 Å². The summed E-state index contributed by atoms with van der Waals surface area (Å²) in [6, 6.07) is 9.66. The number of ether oxygens (including phenoxy) is 1. The number of aromatic nitrogens is 2. The molecule has 0 spiro atoms. The molecule has 1 unspecified atom stereocenters. The van der Waals surface area contributed by atoms with Crippen LogP contribution in [0, 0.1) is 0 Å². The van der Waals surface area contributed by atoms with E-state index in [-0.39, 0.29) is 23.8 Å². The number of fused-ring (bicyclic) bond motifs is 1. The molecule has 3 fully saturated rings. The molecule has 3 aliphatic rings. The Morgan fingerprint density at radius 1 is 1.02 bits per heavy atom. The number of amides is 4. The number of hydrogen-bond acceptors (Lipinski definition) is 8. The van der Waals surface area contributed by atoms with Gasteiger partial charge in [-0.25, -0.2) is 4.98 Å². The topological polar surface area (TPSA) is 137 Å². The second-order valence-electron chi connectivity index (χ2n) is 12.9. The number of carbonyl (C=O) groups is 4. The number of likely N-dealkylation sites (tertiary alicyclic amines) is 2. The van der Waals surface area contributed by atoms with E-state index in [0.29, 0.717) is 49.1 Å². The minimum Gasteiger partial charge on any atom is -0.489 e. The Morgan fingerprint density at radius 3 is 2.41 bits per heavy atom. The molecule has 3 aliphatic heterocycles. The quantitative estimate of drug-likeness (QED) is 0.229. The van der Waals surface area contributed by atoms with Gasteiger partial charge in [-0.1, -0.05) is 12.1 Å². The molecule has 1 atom stereocenters. The van der Waals surface area contributed by atoms with Crippen molar-refractivity contribution in [2.24, 2.45) is 0 Å². The second-order valence-corrected chi connectivity index (χ2v) is 12.9. The molecule has 12 nitrogen and oxygen atoms in total. The number of benzene rings is 1. The zero-order valence-electron chi connectivity index (χ0n) is 26.5. The summed E-state index contributed by atoms with van der Waals surface area (Å²) in [6.45, 7) is 7.53. The number of piperidine rings is 3. The molecule has 0 aliphatic carbocycles. The average molecular weight is 630 g/mol. The molecule has 2 aromatic heterocycles. The second kappa shape index (κ2) is 13.9. The molecule has 3 N–H and O–H groups in total. The molecule has 244 valence electrons. The van der Waals surface area contributed by atoms with Crippen LogP contribution in [-0.4, -0.2) is 88.2 Å². The van der Waals surface area contributed by atoms with E-state index in [9.17, 15) is 19.2 Å². The highest BCUT2D eigenvalue weighted by molar-refractivity contribution is 6.01. The number of nitrogens with one attached hydrogen (secondary N) is 3. The molecule has 5 heterocycles. The van der Waals surface area contributed by atoms with Crippen LogP contribution in [0.4, 0.5) is 11.4 Å². The Balaban J connectivity index is 0.960. The minimum atomic E-state index is -0.394. The van der Waals surface area contributed by atoms with E-state index >= 15 is 0 Å². The number of pyridine rings is 1. The van der Waals surface area contributed by atoms with Crippen LogP contribution in [0.15, 0.2) is 42.7 Å². The fraction of sp³-hybridized carbons (Fsp3) is 0.500. The molecule has 0 bridgehead atoms. The zero-order chi connectivity index (χ0) is 32.2. The summed E-state index contributed by atoms with van der Waals surface area (Å²) >= 11 is 0. The fourth-order valence-corrected chi connectivity index (χ4v) is 6.78. The van der Waals surface area contributed by atoms with Crippen LogP contribution in [-0.2, 0) is 19.2 Å². The van der Waals surface area contributed by atoms with Crippen molar-refractivity contribution >= 4 is 41.2 Å². The number of hydrogen-bond donors (Lipinski definition) is 3. The van der Waals surface area contributed by atoms with Crippen LogP contribution in [0.2, 0.25) is 0 Å². The lowest BCUT2D eigenvalue weighted by atomic mass is 9.89. The molecule has 6 rings (SSSR count). The van der Waals surface area contributed by atoms with Gasteiger partial charge in [-0.15, -0.1) is 0 Å². The molecule has 12 heteroatoms. The molecule has 4 amide bonds. The maximum atomic E-state index is 13.2. The summed E-state index contributed by atoms with van der Waals surface area (Å²) in [5, 5.41) is 8.34. The Morgan fingerprint density at radius 2 is 1.74 bits per heavy atom. The van der Waals surface area contributed by atoms with Crippen LogP contribution in [0.25, 0.3) is 5.65 Å². The number of nitrogens with zero attached hydrogens (tertiary/aromatic N) is 4. The van der Waals surface area contributed by atoms with Gasteiger partial charge in [0.05, 0.1) is 18.3 Å². The molecule has 0 saturated carbocycles. The third kappa shape index (κ3) is 7.33. The van der Waals surface area contributed by atoms with Crippen LogP contribution >= 0.6 is 0 Å². The predicted octanol–water partition coefficient (Wildman–Crippen LogP) is 3.49. The molecular weight excluding hydrogens is 586 g/mol. The first kappa shape index (κ1) is 31.5. The van der Waals surface area contributed by atoms with Gasteiger partial charge in [-0.05, 0) is 82.7 Å². The standard InChI is InChI=1S/C34H43N7O5/c1-22(2)46-30-17-31-37-28(18-41(31)19-29(30)35-21-42)25-9-13-39(14-10-25)20-33(44)40-15-11-24(12-16-40)23-3-5-26(6-4-23)36-27-7-8-32(43)38-34(27)45/h3-6,17-19,21-22,24-25,27,36H,7-16,20H2,1-2H3,(H,35,42)(H,38,43,45). The van der Waals surface area contributed by atoms with Crippen molar-refractivity contribution in [3.05, 3.63) is 54.0 Å². The smallest absolute Gasteiger partial charge is 0.249 e. The molecule has 0 radical (unpaired) electrons. The third-order valence-electron chi connectivity index (χ3n) is 9.33. The lowest BCUT2D eigenvalue weighted by molar-refractivity contribution is -0.134. The lowest BCUT2D eigenvalue weighted by Crippen LogP contribution is -2.47. The summed E-state index contributed by atoms with van der Waals surface area (Å²) in [5.74, 6) is 1.01. The van der Waals surface area contributed by atoms with Crippen molar-refractivity contribution in [1.82, 2.24) is 24.5 Å². The van der Waals surface area contributed by atoms with Gasteiger partial charge in [0, 0.05) is 49.6 Å². The summed E-state index contributed by atoms with van der Waals surface area (Å²) in [7, 11) is 0. The van der Waals surface area contributed by atoms with Crippen molar-refractivity contribution in [1.29, 1.82) is 0 Å². The molecule has 1 aromatic carbocycles. The number of rotatable bonds is 10. The Bertz CT molecular complexity index is 1570. The van der Waals surface area contributed by atoms with E-state index in [0.717, 1.165) is 68.9 Å². The van der Waals surface area contributed by atoms with E-state index in [4.69, 9.17) is 9.72 Å². The Labute approximate surface area is 268 Å². The molecular formula is C34H43N7O5. The van der Waals surface area contributed by atoms with E-state index < -0.39 is 6.04 Å². The monoisotopic (exact) mass is 629 g/mol. The van der Waals surface area contributed by atoms with E-state index in [1.54, 1.807) is 0 Å². The van der Waals surface area contributed by atoms with Gasteiger partial charge in [0.15, 0.2) is 0 Å². The molecule has 3 saturated heterocycles. The van der Waals surface area contributed by atoms with Crippen LogP contribution < -0.4 is 20.7 Å². The number of imide groups is 1. The number of anilines is 2. The van der Waals surface area contributed by atoms with Crippen LogP contribution in [0.1, 0.15) is 75.5 Å². The van der Waals surface area contributed by atoms with Crippen molar-refractivity contribution in [3.63, 3.8) is 0 Å². The normalized spacial score (nSPS) is 20.2. The summed E-state index contributed by atoms with van der Waals surface area (Å²) in [4.78, 5) is 56.9. The summed E-state index contributed by atoms with van der Waals surface area (Å²) < 4.78 is 7.82. The van der Waals surface area contributed by atoms with E-state index in [1.807, 2.05) is 53.7 Å². The fourth-order valence-electron chi connectivity index (χ4n) is 6.78. The summed E-state index contributed by atoms with van der Waals surface area (Å²) in [6.07, 6.45) is 9.05. The largest absolute Gasteiger partial charge is 0.489 e. The van der Waals surface area contributed by atoms with Crippen molar-refractivity contribution < 1.29 is 23.9 Å². The average Bonchev–Trinajstić information content (AvgIpc) is 3.46. The molecule has 46 heavy (non-hydrogen) atoms. The lowest BCUT2D eigenvalue weighted by Gasteiger charge is -2.35. The zero-order valence-corrected chi connectivity index (χ0v) is 26.5. The van der Waals surface area contributed by atoms with Crippen LogP contribution in [0.5, 0.6) is 5.75 Å². The highest BCUT2D eigenvalue weighted by Gasteiger charge is 2.29. The first-order chi connectivity index (χ1) is 22.2. The highest BCUT2D eigenvalue weighted by atomic mass is 16.5. The van der Waals surface area contributed by atoms with Crippen LogP contribution in [0.3, 0.4) is 0 Å². The van der Waals surface area contributed by atoms with Gasteiger partial charge in [-0.3, -0.25) is 29.4 Å². The Hall–Kier alpha value is -4.45. The van der Waals surface area contributed by atoms with Gasteiger partial charge in [0.1, 0.15) is 23.1 Å². The minimum absolute atomic E-state index is 0.0300. The third-order valence-corrected chi connectivity index (χ3v) is 9.33. The van der Waals surface area contributed by atoms with Gasteiger partial charge in [0.2, 0.25) is 24.1 Å². The first-order valence-corrected chi connectivity index (χ1v) is 16.4. The Kier molecular flexibility index (Phi) is 9.53. The maximum absolute atomic E-state index is 13.2. The number of imidazole rings is 1.